The van der Waals surface area contributed by atoms with Crippen LogP contribution in [0.4, 0.5) is 5.69 Å². The second-order valence-electron chi connectivity index (χ2n) is 21.9. The second kappa shape index (κ2) is 34.1. The lowest BCUT2D eigenvalue weighted by Gasteiger charge is -2.29. The average molecular weight is 1270 g/mol. The molecule has 7 rings (SSSR count). The van der Waals surface area contributed by atoms with Gasteiger partial charge in [0.2, 0.25) is 47.3 Å². The van der Waals surface area contributed by atoms with Crippen LogP contribution in [-0.4, -0.2) is 159 Å². The number of aromatic nitrogens is 1. The summed E-state index contributed by atoms with van der Waals surface area (Å²) < 4.78 is 0. The Morgan fingerprint density at radius 2 is 1.07 bits per heavy atom. The number of nitrogens with one attached hydrogen (secondary N) is 10. The number of nitrogens with two attached hydrogens (primary N) is 2. The van der Waals surface area contributed by atoms with E-state index in [0.29, 0.717) is 40.7 Å². The highest BCUT2D eigenvalue weighted by molar-refractivity contribution is 8.76. The van der Waals surface area contributed by atoms with Crippen LogP contribution in [0.1, 0.15) is 54.0 Å². The number of para-hydroxylation sites is 1. The van der Waals surface area contributed by atoms with E-state index in [1.54, 1.807) is 116 Å². The minimum Gasteiger partial charge on any atom is -0.508 e. The number of carbonyl (C=O) groups excluding carboxylic acids is 8. The number of carbonyl (C=O) groups is 9. The minimum atomic E-state index is -1.75. The van der Waals surface area contributed by atoms with Crippen molar-refractivity contribution in [3.63, 3.8) is 0 Å². The number of benzene rings is 5. The van der Waals surface area contributed by atoms with Crippen molar-refractivity contribution in [3.8, 4) is 5.75 Å². The molecule has 0 unspecified atom stereocenters. The van der Waals surface area contributed by atoms with Crippen LogP contribution in [0.2, 0.25) is 0 Å². The van der Waals surface area contributed by atoms with Gasteiger partial charge in [-0.2, -0.15) is 0 Å². The lowest BCUT2D eigenvalue weighted by Crippen LogP contribution is -2.62. The summed E-state index contributed by atoms with van der Waals surface area (Å²) in [6.07, 6.45) is 0.139. The first kappa shape index (κ1) is 68.5. The first-order valence-corrected chi connectivity index (χ1v) is 32.0. The SMILES string of the molecule is CNc1ccc(C[C@@H]2NC(=O)[C@@H](Cc3ccccc3)NC(=O)[C@H](NC(=O)[C@H](N)Cc3ccc(O)cc3)CSSC[C@@H](C(=O)O)NC(=O)[C@H](Cc3ccccc3)NC(=O)[C@@H]([C@@H](C)O)NC(=O)[C@H](CCCCN)NC(=O)[C@@H](Cc3c[nH]c4ccccc34)NC2=O)cc1. The molecule has 0 bridgehead atoms. The average Bonchev–Trinajstić information content (AvgIpc) is 2.90. The fraction of sp³-hybridized carbons (Fsp3) is 0.359. The highest BCUT2D eigenvalue weighted by Crippen LogP contribution is 2.25. The smallest absolute Gasteiger partial charge is 0.327 e. The number of H-pyrrole nitrogens is 1. The van der Waals surface area contributed by atoms with Gasteiger partial charge in [-0.05, 0) is 97.3 Å². The molecule has 5 aromatic carbocycles. The molecule has 24 nitrogen and oxygen atoms in total. The summed E-state index contributed by atoms with van der Waals surface area (Å²) in [7, 11) is 3.62. The van der Waals surface area contributed by atoms with E-state index >= 15 is 14.4 Å². The number of anilines is 1. The number of aliphatic carboxylic acids is 1. The fourth-order valence-electron chi connectivity index (χ4n) is 9.99. The van der Waals surface area contributed by atoms with E-state index in [1.807, 2.05) is 18.2 Å². The van der Waals surface area contributed by atoms with E-state index in [0.717, 1.165) is 38.2 Å². The number of aliphatic hydroxyl groups is 1. The summed E-state index contributed by atoms with van der Waals surface area (Å²) in [6, 6.07) is 24.2. The number of unbranched alkanes of at least 4 members (excludes halogenated alkanes) is 1. The fourth-order valence-corrected chi connectivity index (χ4v) is 12.3. The highest BCUT2D eigenvalue weighted by atomic mass is 33.1. The van der Waals surface area contributed by atoms with E-state index in [4.69, 9.17) is 11.5 Å². The predicted octanol–water partition coefficient (Wildman–Crippen LogP) is 1.62. The Labute approximate surface area is 528 Å². The maximum absolute atomic E-state index is 15.2. The molecule has 1 fully saturated rings. The molecule has 1 aliphatic rings. The summed E-state index contributed by atoms with van der Waals surface area (Å²) in [5, 5.41) is 56.9. The molecule has 0 spiro atoms. The highest BCUT2D eigenvalue weighted by Gasteiger charge is 2.37. The van der Waals surface area contributed by atoms with Gasteiger partial charge in [0.15, 0.2) is 0 Å². The number of hydrogen-bond donors (Lipinski definition) is 15. The van der Waals surface area contributed by atoms with Crippen LogP contribution in [-0.2, 0) is 75.3 Å². The summed E-state index contributed by atoms with van der Waals surface area (Å²) >= 11 is 0. The van der Waals surface area contributed by atoms with Crippen molar-refractivity contribution in [1.29, 1.82) is 0 Å². The molecule has 1 aliphatic heterocycles. The minimum absolute atomic E-state index is 0.00951. The number of carboxylic acids is 1. The number of hydrogen-bond acceptors (Lipinski definition) is 16. The van der Waals surface area contributed by atoms with Gasteiger partial charge in [-0.15, -0.1) is 0 Å². The zero-order valence-electron chi connectivity index (χ0n) is 49.8. The van der Waals surface area contributed by atoms with E-state index < -0.39 is 114 Å². The molecule has 0 radical (unpaired) electrons. The van der Waals surface area contributed by atoms with Gasteiger partial charge in [-0.1, -0.05) is 125 Å². The van der Waals surface area contributed by atoms with Crippen LogP contribution in [0.3, 0.4) is 0 Å². The van der Waals surface area contributed by atoms with Gasteiger partial charge in [0.25, 0.3) is 0 Å². The van der Waals surface area contributed by atoms with Crippen molar-refractivity contribution >= 4 is 91.4 Å². The molecule has 478 valence electrons. The number of aliphatic hydroxyl groups excluding tert-OH is 1. The van der Waals surface area contributed by atoms with Crippen LogP contribution in [0, 0.1) is 0 Å². The van der Waals surface area contributed by atoms with Crippen LogP contribution < -0.4 is 59.3 Å². The Hall–Kier alpha value is -8.95. The van der Waals surface area contributed by atoms with Crippen molar-refractivity contribution < 1.29 is 58.5 Å². The number of rotatable bonds is 19. The van der Waals surface area contributed by atoms with Crippen LogP contribution >= 0.6 is 21.6 Å². The monoisotopic (exact) mass is 1270 g/mol. The molecule has 17 N–H and O–H groups in total. The first-order valence-electron chi connectivity index (χ1n) is 29.5. The normalized spacial score (nSPS) is 22.0. The number of phenolic OH excluding ortho intramolecular Hbond substituents is 1. The molecular weight excluding hydrogens is 1190 g/mol. The van der Waals surface area contributed by atoms with Gasteiger partial charge in [0.1, 0.15) is 54.1 Å². The molecule has 0 aliphatic carbocycles. The Balaban J connectivity index is 1.30. The van der Waals surface area contributed by atoms with Crippen LogP contribution in [0.5, 0.6) is 5.75 Å². The van der Waals surface area contributed by atoms with Gasteiger partial charge >= 0.3 is 5.97 Å². The largest absolute Gasteiger partial charge is 0.508 e. The zero-order chi connectivity index (χ0) is 64.7. The summed E-state index contributed by atoms with van der Waals surface area (Å²) in [5.41, 5.74) is 16.7. The first-order chi connectivity index (χ1) is 43.3. The zero-order valence-corrected chi connectivity index (χ0v) is 51.5. The number of amides is 8. The third-order valence-corrected chi connectivity index (χ3v) is 17.5. The lowest BCUT2D eigenvalue weighted by atomic mass is 10.00. The Bertz CT molecular complexity index is 3400. The van der Waals surface area contributed by atoms with Crippen molar-refractivity contribution in [2.45, 2.75) is 119 Å². The number of phenols is 1. The van der Waals surface area contributed by atoms with Gasteiger partial charge in [-0.25, -0.2) is 4.79 Å². The third-order valence-electron chi connectivity index (χ3n) is 15.1. The molecule has 10 atom stereocenters. The number of aromatic hydroxyl groups is 1. The molecule has 1 saturated heterocycles. The Morgan fingerprint density at radius 1 is 0.578 bits per heavy atom. The van der Waals surface area contributed by atoms with Gasteiger partial charge in [0.05, 0.1) is 12.1 Å². The molecule has 90 heavy (non-hydrogen) atoms. The second-order valence-corrected chi connectivity index (χ2v) is 24.5. The molecular formula is C64H78N12O12S2. The Kier molecular flexibility index (Phi) is 26.0. The topological polar surface area (TPSA) is 390 Å². The standard InChI is InChI=1S/C64H78N12O12S2/c1-37(77)55-63(86)73-51(31-39-15-7-4-8-16-39)60(83)75-54(64(87)88)36-90-89-35-53(74-56(79)46(66)29-40-22-26-44(78)27-23-40)62(85)71-49(30-38-13-5-3-6-14-38)58(81)70-50(32-41-20-24-43(67-2)25-21-41)59(82)72-52(33-42-34-68-47-18-10-9-17-45(42)47)61(84)69-48(57(80)76-55)19-11-12-28-65/h3-10,13-18,20-27,34,37,46,48-55,67-68,77-78H,11-12,19,28-33,35-36,65-66H2,1-2H3,(H,69,84)(H,70,81)(H,71,85)(H,72,82)(H,73,86)(H,74,79)(H,75,83)(H,76,80)(H,87,88)/t37-,46-,48+,49-,50+,51+,52-,53-,54+,55-/m1/s1. The molecule has 6 aromatic rings. The molecule has 26 heteroatoms. The van der Waals surface area contributed by atoms with E-state index in [9.17, 15) is 44.1 Å². The van der Waals surface area contributed by atoms with Gasteiger partial charge in [0, 0.05) is 67.0 Å². The quantitative estimate of drug-likeness (QED) is 0.0405. The summed E-state index contributed by atoms with van der Waals surface area (Å²) in [4.78, 5) is 134. The molecule has 8 amide bonds. The number of aromatic amines is 1. The van der Waals surface area contributed by atoms with E-state index in [-0.39, 0.29) is 62.3 Å². The molecule has 1 aromatic heterocycles. The number of fused-ring (bicyclic) bond motifs is 1. The maximum atomic E-state index is 15.2. The third kappa shape index (κ3) is 20.6. The predicted molar refractivity (Wildman–Crippen MR) is 344 cm³/mol. The molecule has 0 saturated carbocycles. The summed E-state index contributed by atoms with van der Waals surface area (Å²) in [5.74, 6) is -9.10. The van der Waals surface area contributed by atoms with E-state index in [2.05, 4.69) is 52.8 Å². The Morgan fingerprint density at radius 3 is 1.63 bits per heavy atom. The van der Waals surface area contributed by atoms with E-state index in [1.165, 1.54) is 19.1 Å². The van der Waals surface area contributed by atoms with Crippen molar-refractivity contribution in [1.82, 2.24) is 47.5 Å². The van der Waals surface area contributed by atoms with Crippen molar-refractivity contribution in [2.75, 3.05) is 30.4 Å². The summed E-state index contributed by atoms with van der Waals surface area (Å²) in [6.45, 7) is 1.46. The van der Waals surface area contributed by atoms with Crippen LogP contribution in [0.25, 0.3) is 10.9 Å². The van der Waals surface area contributed by atoms with Crippen molar-refractivity contribution in [2.24, 2.45) is 11.5 Å². The molecule has 2 heterocycles. The van der Waals surface area contributed by atoms with Gasteiger partial charge in [-0.3, -0.25) is 38.4 Å². The lowest BCUT2D eigenvalue weighted by molar-refractivity contribution is -0.141. The maximum Gasteiger partial charge on any atom is 0.327 e. The van der Waals surface area contributed by atoms with Crippen molar-refractivity contribution in [3.05, 3.63) is 167 Å². The van der Waals surface area contributed by atoms with Crippen LogP contribution in [0.15, 0.2) is 140 Å². The number of carboxylic acid groups (broad SMARTS) is 1. The van der Waals surface area contributed by atoms with Gasteiger partial charge < -0.3 is 79.6 Å².